The van der Waals surface area contributed by atoms with E-state index in [1.54, 1.807) is 7.05 Å². The van der Waals surface area contributed by atoms with Gasteiger partial charge in [-0.1, -0.05) is 30.3 Å². The first kappa shape index (κ1) is 17.1. The van der Waals surface area contributed by atoms with Gasteiger partial charge in [0.15, 0.2) is 5.96 Å². The van der Waals surface area contributed by atoms with Gasteiger partial charge in [-0.05, 0) is 29.3 Å². The Balaban J connectivity index is 1.48. The van der Waals surface area contributed by atoms with Crippen molar-refractivity contribution >= 4 is 11.6 Å². The largest absolute Gasteiger partial charge is 0.488 e. The molecule has 1 atom stereocenters. The molecule has 3 rings (SSSR count). The Morgan fingerprint density at radius 1 is 1.16 bits per heavy atom. The molecule has 2 aromatic carbocycles. The zero-order valence-corrected chi connectivity index (χ0v) is 15.1. The van der Waals surface area contributed by atoms with Gasteiger partial charge in [-0.2, -0.15) is 0 Å². The maximum absolute atomic E-state index is 5.96. The highest BCUT2D eigenvalue weighted by atomic mass is 16.5. The third-order valence-electron chi connectivity index (χ3n) is 4.32. The van der Waals surface area contributed by atoms with Crippen LogP contribution in [0.15, 0.2) is 53.5 Å². The molecule has 1 aliphatic heterocycles. The fraction of sp³-hybridized carbons (Fsp3) is 0.350. The number of hydrogen-bond donors (Lipinski definition) is 2. The summed E-state index contributed by atoms with van der Waals surface area (Å²) in [5.41, 5.74) is 3.69. The van der Waals surface area contributed by atoms with Crippen molar-refractivity contribution in [3.63, 3.8) is 0 Å². The average molecular weight is 338 g/mol. The molecule has 2 aromatic rings. The van der Waals surface area contributed by atoms with E-state index < -0.39 is 0 Å². The van der Waals surface area contributed by atoms with Crippen LogP contribution in [0, 0.1) is 0 Å². The minimum Gasteiger partial charge on any atom is -0.488 e. The third-order valence-corrected chi connectivity index (χ3v) is 4.32. The highest BCUT2D eigenvalue weighted by Gasteiger charge is 2.22. The number of guanidine groups is 1. The van der Waals surface area contributed by atoms with Gasteiger partial charge in [-0.15, -0.1) is 0 Å². The van der Waals surface area contributed by atoms with Crippen molar-refractivity contribution in [2.75, 3.05) is 32.6 Å². The molecule has 0 bridgehead atoms. The lowest BCUT2D eigenvalue weighted by Gasteiger charge is -2.17. The van der Waals surface area contributed by atoms with Crippen LogP contribution >= 0.6 is 0 Å². The van der Waals surface area contributed by atoms with Gasteiger partial charge in [0.05, 0.1) is 6.54 Å². The van der Waals surface area contributed by atoms with Gasteiger partial charge in [0, 0.05) is 39.8 Å². The molecule has 0 aromatic heterocycles. The summed E-state index contributed by atoms with van der Waals surface area (Å²) < 4.78 is 5.96. The fourth-order valence-corrected chi connectivity index (χ4v) is 2.93. The van der Waals surface area contributed by atoms with E-state index in [2.05, 4.69) is 56.9 Å². The number of anilines is 1. The van der Waals surface area contributed by atoms with Gasteiger partial charge >= 0.3 is 0 Å². The summed E-state index contributed by atoms with van der Waals surface area (Å²) in [6, 6.07) is 16.7. The number of nitrogens with zero attached hydrogens (tertiary/aromatic N) is 2. The smallest absolute Gasteiger partial charge is 0.191 e. The summed E-state index contributed by atoms with van der Waals surface area (Å²) in [6.45, 7) is 1.46. The van der Waals surface area contributed by atoms with Crippen molar-refractivity contribution in [3.05, 3.63) is 59.7 Å². The third kappa shape index (κ3) is 4.44. The van der Waals surface area contributed by atoms with E-state index >= 15 is 0 Å². The normalized spacial score (nSPS) is 16.1. The maximum atomic E-state index is 5.96. The molecule has 1 aliphatic rings. The Bertz CT molecular complexity index is 717. The van der Waals surface area contributed by atoms with Crippen LogP contribution in [0.1, 0.15) is 11.1 Å². The van der Waals surface area contributed by atoms with E-state index in [4.69, 9.17) is 4.74 Å². The predicted molar refractivity (Wildman–Crippen MR) is 104 cm³/mol. The lowest BCUT2D eigenvalue weighted by molar-refractivity contribution is 0.235. The number of aliphatic imine (C=N–C) groups is 1. The number of fused-ring (bicyclic) bond motifs is 1. The zero-order valence-electron chi connectivity index (χ0n) is 15.1. The van der Waals surface area contributed by atoms with Crippen molar-refractivity contribution in [1.82, 2.24) is 10.6 Å². The predicted octanol–water partition coefficient (Wildman–Crippen LogP) is 2.42. The number of ether oxygens (including phenoxy) is 1. The summed E-state index contributed by atoms with van der Waals surface area (Å²) in [7, 11) is 5.88. The first-order valence-corrected chi connectivity index (χ1v) is 8.61. The average Bonchev–Trinajstić information content (AvgIpc) is 3.05. The van der Waals surface area contributed by atoms with E-state index in [0.717, 1.165) is 31.2 Å². The highest BCUT2D eigenvalue weighted by Crippen LogP contribution is 2.27. The Kier molecular flexibility index (Phi) is 5.43. The highest BCUT2D eigenvalue weighted by molar-refractivity contribution is 5.79. The summed E-state index contributed by atoms with van der Waals surface area (Å²) in [6.07, 6.45) is 1.08. The molecule has 0 saturated heterocycles. The van der Waals surface area contributed by atoms with Crippen molar-refractivity contribution in [2.45, 2.75) is 19.1 Å². The SMILES string of the molecule is CN=C(NCc1cccc(N(C)C)c1)NCC1Cc2ccccc2O1. The van der Waals surface area contributed by atoms with Crippen LogP contribution in [0.2, 0.25) is 0 Å². The Hall–Kier alpha value is -2.69. The Labute approximate surface area is 149 Å². The molecule has 0 spiro atoms. The van der Waals surface area contributed by atoms with Crippen molar-refractivity contribution in [3.8, 4) is 5.75 Å². The Morgan fingerprint density at radius 3 is 2.76 bits per heavy atom. The van der Waals surface area contributed by atoms with Crippen LogP contribution in [0.5, 0.6) is 5.75 Å². The summed E-state index contributed by atoms with van der Waals surface area (Å²) in [4.78, 5) is 6.40. The number of hydrogen-bond acceptors (Lipinski definition) is 3. The molecule has 5 nitrogen and oxygen atoms in total. The zero-order chi connectivity index (χ0) is 17.6. The molecule has 2 N–H and O–H groups in total. The van der Waals surface area contributed by atoms with Crippen LogP contribution in [0.3, 0.4) is 0 Å². The maximum Gasteiger partial charge on any atom is 0.191 e. The van der Waals surface area contributed by atoms with Crippen LogP contribution in [-0.4, -0.2) is 39.8 Å². The molecule has 5 heteroatoms. The molecule has 0 saturated carbocycles. The monoisotopic (exact) mass is 338 g/mol. The first-order chi connectivity index (χ1) is 12.2. The summed E-state index contributed by atoms with van der Waals surface area (Å²) in [5, 5.41) is 6.72. The standard InChI is InChI=1S/C20H26N4O/c1-21-20(22-13-15-7-6-9-17(11-15)24(2)3)23-14-18-12-16-8-4-5-10-19(16)25-18/h4-11,18H,12-14H2,1-3H3,(H2,21,22,23). The van der Waals surface area contributed by atoms with Crippen LogP contribution < -0.4 is 20.3 Å². The number of para-hydroxylation sites is 1. The van der Waals surface area contributed by atoms with Crippen molar-refractivity contribution in [1.29, 1.82) is 0 Å². The van der Waals surface area contributed by atoms with Crippen LogP contribution in [-0.2, 0) is 13.0 Å². The minimum absolute atomic E-state index is 0.146. The molecular weight excluding hydrogens is 312 g/mol. The van der Waals surface area contributed by atoms with Crippen LogP contribution in [0.4, 0.5) is 5.69 Å². The molecule has 0 radical (unpaired) electrons. The molecule has 1 unspecified atom stereocenters. The Morgan fingerprint density at radius 2 is 2.00 bits per heavy atom. The van der Waals surface area contributed by atoms with Gasteiger partial charge in [0.1, 0.15) is 11.9 Å². The van der Waals surface area contributed by atoms with E-state index in [0.29, 0.717) is 0 Å². The minimum atomic E-state index is 0.146. The molecule has 0 amide bonds. The molecule has 25 heavy (non-hydrogen) atoms. The van der Waals surface area contributed by atoms with E-state index in [1.165, 1.54) is 16.8 Å². The molecule has 132 valence electrons. The molecular formula is C20H26N4O. The fourth-order valence-electron chi connectivity index (χ4n) is 2.93. The molecule has 1 heterocycles. The number of nitrogens with one attached hydrogen (secondary N) is 2. The second kappa shape index (κ2) is 7.92. The summed E-state index contributed by atoms with van der Waals surface area (Å²) >= 11 is 0. The van der Waals surface area contributed by atoms with Crippen LogP contribution in [0.25, 0.3) is 0 Å². The number of rotatable bonds is 5. The van der Waals surface area contributed by atoms with E-state index in [1.807, 2.05) is 26.2 Å². The lowest BCUT2D eigenvalue weighted by atomic mass is 10.1. The summed E-state index contributed by atoms with van der Waals surface area (Å²) in [5.74, 6) is 1.78. The molecule has 0 aliphatic carbocycles. The lowest BCUT2D eigenvalue weighted by Crippen LogP contribution is -2.41. The van der Waals surface area contributed by atoms with Gasteiger partial charge in [0.25, 0.3) is 0 Å². The van der Waals surface area contributed by atoms with Gasteiger partial charge in [-0.25, -0.2) is 0 Å². The first-order valence-electron chi connectivity index (χ1n) is 8.61. The van der Waals surface area contributed by atoms with Crippen molar-refractivity contribution in [2.24, 2.45) is 4.99 Å². The van der Waals surface area contributed by atoms with E-state index in [9.17, 15) is 0 Å². The van der Waals surface area contributed by atoms with Gasteiger partial charge in [0.2, 0.25) is 0 Å². The number of benzene rings is 2. The van der Waals surface area contributed by atoms with Gasteiger partial charge < -0.3 is 20.3 Å². The quantitative estimate of drug-likeness (QED) is 0.649. The second-order valence-electron chi connectivity index (χ2n) is 6.42. The molecule has 0 fully saturated rings. The second-order valence-corrected chi connectivity index (χ2v) is 6.42. The van der Waals surface area contributed by atoms with Gasteiger partial charge in [-0.3, -0.25) is 4.99 Å². The van der Waals surface area contributed by atoms with E-state index in [-0.39, 0.29) is 6.10 Å². The topological polar surface area (TPSA) is 48.9 Å². The van der Waals surface area contributed by atoms with Crippen molar-refractivity contribution < 1.29 is 4.74 Å².